The van der Waals surface area contributed by atoms with Crippen LogP contribution in [0.4, 0.5) is 0 Å². The maximum absolute atomic E-state index is 12.1. The number of aromatic nitrogens is 2. The number of hydrogen-bond acceptors (Lipinski definition) is 4. The van der Waals surface area contributed by atoms with Crippen LogP contribution in [-0.4, -0.2) is 27.1 Å². The second kappa shape index (κ2) is 7.15. The van der Waals surface area contributed by atoms with Gasteiger partial charge in [0.1, 0.15) is 0 Å². The lowest BCUT2D eigenvalue weighted by molar-refractivity contribution is 0.0947. The van der Waals surface area contributed by atoms with Crippen molar-refractivity contribution in [2.75, 3.05) is 6.54 Å². The maximum Gasteiger partial charge on any atom is 0.335 e. The number of carbonyl (C=O) groups excluding carboxylic acids is 1. The summed E-state index contributed by atoms with van der Waals surface area (Å²) in [5, 5.41) is 13.0. The van der Waals surface area contributed by atoms with Gasteiger partial charge in [0, 0.05) is 6.54 Å². The van der Waals surface area contributed by atoms with Gasteiger partial charge in [0.25, 0.3) is 11.5 Å². The minimum atomic E-state index is -0.954. The Kier molecular flexibility index (Phi) is 5.23. The Labute approximate surface area is 136 Å². The van der Waals surface area contributed by atoms with Gasteiger partial charge in [-0.05, 0) is 18.6 Å². The number of amides is 1. The number of H-pyrrole nitrogens is 1. The van der Waals surface area contributed by atoms with E-state index < -0.39 is 28.6 Å². The molecule has 0 spiro atoms. The molecule has 0 aliphatic heterocycles. The highest BCUT2D eigenvalue weighted by molar-refractivity contribution is 6.32. The van der Waals surface area contributed by atoms with Crippen molar-refractivity contribution in [3.63, 3.8) is 0 Å². The van der Waals surface area contributed by atoms with Crippen molar-refractivity contribution in [3.8, 4) is 11.6 Å². The average Bonchev–Trinajstić information content (AvgIpc) is 2.49. The van der Waals surface area contributed by atoms with E-state index in [1.807, 2.05) is 11.9 Å². The summed E-state index contributed by atoms with van der Waals surface area (Å²) < 4.78 is 0.790. The Morgan fingerprint density at radius 1 is 1.35 bits per heavy atom. The van der Waals surface area contributed by atoms with E-state index in [2.05, 4.69) is 5.32 Å². The number of hydrogen-bond donors (Lipinski definition) is 3. The van der Waals surface area contributed by atoms with E-state index in [0.717, 1.165) is 17.4 Å². The van der Waals surface area contributed by atoms with Gasteiger partial charge in [-0.2, -0.15) is 0 Å². The molecule has 0 unspecified atom stereocenters. The van der Waals surface area contributed by atoms with Gasteiger partial charge in [0.2, 0.25) is 5.88 Å². The Balaban J connectivity index is 2.57. The third-order valence-electron chi connectivity index (χ3n) is 3.22. The third kappa shape index (κ3) is 3.45. The number of unbranched alkanes of at least 4 members (excludes halogenated alkanes) is 1. The molecule has 1 heterocycles. The Bertz CT molecular complexity index is 841. The van der Waals surface area contributed by atoms with Crippen LogP contribution in [0, 0.1) is 0 Å². The van der Waals surface area contributed by atoms with E-state index in [-0.39, 0.29) is 10.7 Å². The fourth-order valence-electron chi connectivity index (χ4n) is 2.05. The first kappa shape index (κ1) is 16.8. The quantitative estimate of drug-likeness (QED) is 0.717. The molecule has 122 valence electrons. The molecule has 3 N–H and O–H groups in total. The van der Waals surface area contributed by atoms with E-state index in [0.29, 0.717) is 6.54 Å². The lowest BCUT2D eigenvalue weighted by atomic mass is 10.2. The van der Waals surface area contributed by atoms with Crippen LogP contribution in [0.15, 0.2) is 33.9 Å². The second-order valence-electron chi connectivity index (χ2n) is 4.85. The van der Waals surface area contributed by atoms with E-state index in [9.17, 15) is 19.5 Å². The summed E-state index contributed by atoms with van der Waals surface area (Å²) in [6.45, 7) is 2.31. The van der Waals surface area contributed by atoms with Gasteiger partial charge in [-0.3, -0.25) is 14.6 Å². The molecule has 1 aromatic heterocycles. The van der Waals surface area contributed by atoms with Crippen LogP contribution in [0.1, 0.15) is 30.1 Å². The van der Waals surface area contributed by atoms with Crippen molar-refractivity contribution in [2.45, 2.75) is 19.8 Å². The molecule has 0 saturated carbocycles. The van der Waals surface area contributed by atoms with Crippen molar-refractivity contribution in [3.05, 3.63) is 55.7 Å². The predicted octanol–water partition coefficient (Wildman–Crippen LogP) is 1.41. The second-order valence-corrected chi connectivity index (χ2v) is 5.26. The molecule has 0 fully saturated rings. The summed E-state index contributed by atoms with van der Waals surface area (Å²) in [5.41, 5.74) is -2.20. The van der Waals surface area contributed by atoms with Crippen LogP contribution >= 0.6 is 11.6 Å². The van der Waals surface area contributed by atoms with E-state index in [1.165, 1.54) is 12.1 Å². The summed E-state index contributed by atoms with van der Waals surface area (Å²) in [6, 6.07) is 6.27. The summed E-state index contributed by atoms with van der Waals surface area (Å²) >= 11 is 6.01. The number of para-hydroxylation sites is 1. The zero-order valence-corrected chi connectivity index (χ0v) is 13.2. The minimum Gasteiger partial charge on any atom is -0.493 e. The number of nitrogens with zero attached hydrogens (tertiary/aromatic N) is 1. The van der Waals surface area contributed by atoms with Crippen molar-refractivity contribution >= 4 is 17.5 Å². The number of benzene rings is 1. The highest BCUT2D eigenvalue weighted by Gasteiger charge is 2.22. The van der Waals surface area contributed by atoms with Crippen LogP contribution in [0.5, 0.6) is 5.88 Å². The van der Waals surface area contributed by atoms with Gasteiger partial charge >= 0.3 is 5.69 Å². The number of aromatic hydroxyl groups is 1. The average molecular weight is 338 g/mol. The van der Waals surface area contributed by atoms with E-state index in [1.54, 1.807) is 12.1 Å². The number of carbonyl (C=O) groups is 1. The Hall–Kier alpha value is -2.54. The molecule has 0 atom stereocenters. The third-order valence-corrected chi connectivity index (χ3v) is 3.54. The van der Waals surface area contributed by atoms with Gasteiger partial charge in [-0.1, -0.05) is 37.1 Å². The maximum atomic E-state index is 12.1. The molecule has 23 heavy (non-hydrogen) atoms. The van der Waals surface area contributed by atoms with Gasteiger partial charge in [-0.25, -0.2) is 9.36 Å². The van der Waals surface area contributed by atoms with Crippen molar-refractivity contribution < 1.29 is 9.90 Å². The molecule has 1 amide bonds. The van der Waals surface area contributed by atoms with Crippen LogP contribution in [0.2, 0.25) is 5.02 Å². The Morgan fingerprint density at radius 2 is 2.04 bits per heavy atom. The van der Waals surface area contributed by atoms with Crippen molar-refractivity contribution in [1.82, 2.24) is 14.9 Å². The number of halogens is 1. The summed E-state index contributed by atoms with van der Waals surface area (Å²) in [4.78, 5) is 38.0. The zero-order chi connectivity index (χ0) is 17.0. The summed E-state index contributed by atoms with van der Waals surface area (Å²) in [7, 11) is 0. The van der Waals surface area contributed by atoms with Crippen LogP contribution in [-0.2, 0) is 0 Å². The predicted molar refractivity (Wildman–Crippen MR) is 86.6 cm³/mol. The highest BCUT2D eigenvalue weighted by Crippen LogP contribution is 2.23. The van der Waals surface area contributed by atoms with Crippen molar-refractivity contribution in [2.24, 2.45) is 0 Å². The summed E-state index contributed by atoms with van der Waals surface area (Å²) in [6.07, 6.45) is 1.59. The summed E-state index contributed by atoms with van der Waals surface area (Å²) in [5.74, 6) is -1.50. The molecule has 0 bridgehead atoms. The van der Waals surface area contributed by atoms with Gasteiger partial charge in [-0.15, -0.1) is 0 Å². The van der Waals surface area contributed by atoms with Crippen LogP contribution in [0.25, 0.3) is 5.69 Å². The molecule has 7 nitrogen and oxygen atoms in total. The standard InChI is InChI=1S/C15H16ClN3O4/c1-2-3-8-17-12(20)11-13(21)18-15(23)19(14(11)22)10-7-5-4-6-9(10)16/h4-7,22H,2-3,8H2,1H3,(H,17,20)(H,18,21,23). The normalized spacial score (nSPS) is 10.5. The van der Waals surface area contributed by atoms with Crippen LogP contribution in [0.3, 0.4) is 0 Å². The molecular weight excluding hydrogens is 322 g/mol. The van der Waals surface area contributed by atoms with Crippen LogP contribution < -0.4 is 16.6 Å². The molecule has 2 rings (SSSR count). The first-order valence-electron chi connectivity index (χ1n) is 7.08. The van der Waals surface area contributed by atoms with E-state index >= 15 is 0 Å². The topological polar surface area (TPSA) is 104 Å². The number of rotatable bonds is 5. The van der Waals surface area contributed by atoms with Gasteiger partial charge < -0.3 is 10.4 Å². The fourth-order valence-corrected chi connectivity index (χ4v) is 2.27. The zero-order valence-electron chi connectivity index (χ0n) is 12.4. The monoisotopic (exact) mass is 337 g/mol. The lowest BCUT2D eigenvalue weighted by Crippen LogP contribution is -2.37. The first-order chi connectivity index (χ1) is 11.0. The molecular formula is C15H16ClN3O4. The van der Waals surface area contributed by atoms with Crippen molar-refractivity contribution in [1.29, 1.82) is 0 Å². The molecule has 1 aromatic carbocycles. The molecule has 0 aliphatic carbocycles. The van der Waals surface area contributed by atoms with Gasteiger partial charge in [0.05, 0.1) is 10.7 Å². The molecule has 0 radical (unpaired) electrons. The lowest BCUT2D eigenvalue weighted by Gasteiger charge is -2.12. The molecule has 8 heteroatoms. The fraction of sp³-hybridized carbons (Fsp3) is 0.267. The Morgan fingerprint density at radius 3 is 2.70 bits per heavy atom. The molecule has 2 aromatic rings. The van der Waals surface area contributed by atoms with Gasteiger partial charge in [0.15, 0.2) is 5.56 Å². The first-order valence-corrected chi connectivity index (χ1v) is 7.46. The number of nitrogens with one attached hydrogen (secondary N) is 2. The smallest absolute Gasteiger partial charge is 0.335 e. The number of aromatic amines is 1. The van der Waals surface area contributed by atoms with E-state index in [4.69, 9.17) is 11.6 Å². The minimum absolute atomic E-state index is 0.163. The highest BCUT2D eigenvalue weighted by atomic mass is 35.5. The largest absolute Gasteiger partial charge is 0.493 e. The SMILES string of the molecule is CCCCNC(=O)c1c(O)n(-c2ccccc2Cl)c(=O)[nH]c1=O. The molecule has 0 aliphatic rings. The molecule has 0 saturated heterocycles.